The van der Waals surface area contributed by atoms with E-state index in [2.05, 4.69) is 15.5 Å². The van der Waals surface area contributed by atoms with Gasteiger partial charge in [0.25, 0.3) is 5.56 Å². The van der Waals surface area contributed by atoms with Gasteiger partial charge in [-0.3, -0.25) is 4.79 Å². The van der Waals surface area contributed by atoms with Gasteiger partial charge in [0.1, 0.15) is 11.8 Å². The number of halogens is 1. The molecule has 1 heterocycles. The van der Waals surface area contributed by atoms with Gasteiger partial charge in [-0.15, -0.1) is 0 Å². The normalized spacial score (nSPS) is 11.6. The first-order valence-corrected chi connectivity index (χ1v) is 8.76. The van der Waals surface area contributed by atoms with E-state index in [-0.39, 0.29) is 11.8 Å². The number of alkyl carbamates (subject to hydrolysis) is 1. The summed E-state index contributed by atoms with van der Waals surface area (Å²) in [6, 6.07) is 19.7. The number of hydrogen-bond donors (Lipinski definition) is 2. The third-order valence-electron chi connectivity index (χ3n) is 3.96. The van der Waals surface area contributed by atoms with E-state index >= 15 is 0 Å². The van der Waals surface area contributed by atoms with Crippen molar-refractivity contribution in [2.75, 3.05) is 0 Å². The van der Waals surface area contributed by atoms with Crippen LogP contribution in [0.3, 0.4) is 0 Å². The van der Waals surface area contributed by atoms with E-state index in [1.54, 1.807) is 0 Å². The lowest BCUT2D eigenvalue weighted by Crippen LogP contribution is -2.34. The minimum absolute atomic E-state index is 0.137. The first-order valence-electron chi connectivity index (χ1n) is 8.38. The van der Waals surface area contributed by atoms with Crippen LogP contribution in [0.2, 0.25) is 5.15 Å². The topological polar surface area (TPSA) is 84.1 Å². The number of amides is 1. The van der Waals surface area contributed by atoms with Gasteiger partial charge in [0, 0.05) is 5.56 Å². The minimum Gasteiger partial charge on any atom is -0.445 e. The Kier molecular flexibility index (Phi) is 6.22. The Morgan fingerprint density at radius 2 is 1.70 bits per heavy atom. The Hall–Kier alpha value is -3.12. The number of carbonyl (C=O) groups excluding carboxylic acids is 1. The SMILES string of the molecule is O=C(NC(Cc1ccccc1)c1cc(Cl)n[nH]c1=O)OCc1ccccc1. The zero-order valence-corrected chi connectivity index (χ0v) is 15.1. The van der Waals surface area contributed by atoms with Gasteiger partial charge >= 0.3 is 6.09 Å². The molecule has 3 aromatic rings. The van der Waals surface area contributed by atoms with Crippen molar-refractivity contribution in [3.8, 4) is 0 Å². The van der Waals surface area contributed by atoms with Gasteiger partial charge in [-0.1, -0.05) is 72.3 Å². The quantitative estimate of drug-likeness (QED) is 0.680. The van der Waals surface area contributed by atoms with E-state index < -0.39 is 17.7 Å². The largest absolute Gasteiger partial charge is 0.445 e. The highest BCUT2D eigenvalue weighted by molar-refractivity contribution is 6.29. The molecule has 6 nitrogen and oxygen atoms in total. The molecule has 7 heteroatoms. The van der Waals surface area contributed by atoms with E-state index in [0.717, 1.165) is 11.1 Å². The van der Waals surface area contributed by atoms with Gasteiger partial charge in [0.15, 0.2) is 0 Å². The molecule has 1 amide bonds. The molecular formula is C20H18ClN3O3. The summed E-state index contributed by atoms with van der Waals surface area (Å²) in [6.45, 7) is 0.137. The smallest absolute Gasteiger partial charge is 0.407 e. The number of H-pyrrole nitrogens is 1. The summed E-state index contributed by atoms with van der Waals surface area (Å²) in [5.74, 6) is 0. The second kappa shape index (κ2) is 9.00. The predicted molar refractivity (Wildman–Crippen MR) is 103 cm³/mol. The van der Waals surface area contributed by atoms with E-state index in [0.29, 0.717) is 12.0 Å². The molecule has 0 aliphatic rings. The van der Waals surface area contributed by atoms with Crippen LogP contribution in [0.4, 0.5) is 4.79 Å². The van der Waals surface area contributed by atoms with Crippen LogP contribution in [0, 0.1) is 0 Å². The van der Waals surface area contributed by atoms with Crippen molar-refractivity contribution in [2.24, 2.45) is 0 Å². The molecule has 0 radical (unpaired) electrons. The number of carbonyl (C=O) groups is 1. The van der Waals surface area contributed by atoms with Crippen molar-refractivity contribution in [1.29, 1.82) is 0 Å². The zero-order valence-electron chi connectivity index (χ0n) is 14.4. The Bertz CT molecular complexity index is 945. The summed E-state index contributed by atoms with van der Waals surface area (Å²) in [5.41, 5.74) is 1.73. The van der Waals surface area contributed by atoms with Gasteiger partial charge < -0.3 is 10.1 Å². The second-order valence-corrected chi connectivity index (χ2v) is 6.31. The number of aromatic amines is 1. The summed E-state index contributed by atoms with van der Waals surface area (Å²) >= 11 is 5.92. The van der Waals surface area contributed by atoms with Crippen molar-refractivity contribution in [3.63, 3.8) is 0 Å². The number of benzene rings is 2. The molecule has 2 N–H and O–H groups in total. The van der Waals surface area contributed by atoms with E-state index in [9.17, 15) is 9.59 Å². The highest BCUT2D eigenvalue weighted by Crippen LogP contribution is 2.18. The van der Waals surface area contributed by atoms with Crippen LogP contribution in [0.15, 0.2) is 71.5 Å². The molecule has 1 unspecified atom stereocenters. The van der Waals surface area contributed by atoms with Crippen LogP contribution in [-0.4, -0.2) is 16.3 Å². The zero-order chi connectivity index (χ0) is 19.1. The standard InChI is InChI=1S/C20H18ClN3O3/c21-18-12-16(19(25)24-23-18)17(11-14-7-3-1-4-8-14)22-20(26)27-13-15-9-5-2-6-10-15/h1-10,12,17H,11,13H2,(H,22,26)(H,24,25). The molecule has 1 aromatic heterocycles. The highest BCUT2D eigenvalue weighted by Gasteiger charge is 2.20. The average Bonchev–Trinajstić information content (AvgIpc) is 2.69. The summed E-state index contributed by atoms with van der Waals surface area (Å²) < 4.78 is 5.28. The Morgan fingerprint density at radius 1 is 1.07 bits per heavy atom. The number of ether oxygens (including phenoxy) is 1. The Morgan fingerprint density at radius 3 is 2.37 bits per heavy atom. The van der Waals surface area contributed by atoms with Crippen LogP contribution in [0.1, 0.15) is 22.7 Å². The molecule has 0 aliphatic heterocycles. The predicted octanol–water partition coefficient (Wildman–Crippen LogP) is 3.63. The van der Waals surface area contributed by atoms with Crippen molar-refractivity contribution < 1.29 is 9.53 Å². The summed E-state index contributed by atoms with van der Waals surface area (Å²) in [4.78, 5) is 24.5. The second-order valence-electron chi connectivity index (χ2n) is 5.92. The first kappa shape index (κ1) is 18.7. The van der Waals surface area contributed by atoms with Crippen molar-refractivity contribution in [3.05, 3.63) is 98.9 Å². The molecule has 3 rings (SSSR count). The third-order valence-corrected chi connectivity index (χ3v) is 4.16. The maximum Gasteiger partial charge on any atom is 0.407 e. The molecule has 0 bridgehead atoms. The molecule has 1 atom stereocenters. The lowest BCUT2D eigenvalue weighted by molar-refractivity contribution is 0.135. The fraction of sp³-hybridized carbons (Fsp3) is 0.150. The van der Waals surface area contributed by atoms with Gasteiger partial charge in [-0.05, 0) is 23.6 Å². The highest BCUT2D eigenvalue weighted by atomic mass is 35.5. The number of aromatic nitrogens is 2. The van der Waals surface area contributed by atoms with Gasteiger partial charge in [0.05, 0.1) is 6.04 Å². The fourth-order valence-corrected chi connectivity index (χ4v) is 2.81. The fourth-order valence-electron chi connectivity index (χ4n) is 2.65. The van der Waals surface area contributed by atoms with Crippen molar-refractivity contribution in [2.45, 2.75) is 19.1 Å². The average molecular weight is 384 g/mol. The summed E-state index contributed by atoms with van der Waals surface area (Å²) in [7, 11) is 0. The lowest BCUT2D eigenvalue weighted by Gasteiger charge is -2.18. The van der Waals surface area contributed by atoms with Crippen LogP contribution in [-0.2, 0) is 17.8 Å². The number of rotatable bonds is 6. The Labute approximate surface area is 161 Å². The van der Waals surface area contributed by atoms with Crippen LogP contribution < -0.4 is 10.9 Å². The van der Waals surface area contributed by atoms with Crippen molar-refractivity contribution >= 4 is 17.7 Å². The van der Waals surface area contributed by atoms with Gasteiger partial charge in [0.2, 0.25) is 0 Å². The monoisotopic (exact) mass is 383 g/mol. The van der Waals surface area contributed by atoms with Gasteiger partial charge in [-0.2, -0.15) is 5.10 Å². The molecule has 0 fully saturated rings. The van der Waals surface area contributed by atoms with E-state index in [1.807, 2.05) is 60.7 Å². The third kappa shape index (κ3) is 5.43. The summed E-state index contributed by atoms with van der Waals surface area (Å²) in [6.07, 6.45) is -0.211. The maximum atomic E-state index is 12.3. The molecular weight excluding hydrogens is 366 g/mol. The molecule has 0 saturated carbocycles. The van der Waals surface area contributed by atoms with Gasteiger partial charge in [-0.25, -0.2) is 9.89 Å². The Balaban J connectivity index is 1.76. The first-order chi connectivity index (χ1) is 13.1. The molecule has 138 valence electrons. The van der Waals surface area contributed by atoms with Crippen LogP contribution in [0.5, 0.6) is 0 Å². The lowest BCUT2D eigenvalue weighted by atomic mass is 10.0. The maximum absolute atomic E-state index is 12.3. The molecule has 2 aromatic carbocycles. The van der Waals surface area contributed by atoms with E-state index in [4.69, 9.17) is 16.3 Å². The van der Waals surface area contributed by atoms with Crippen LogP contribution >= 0.6 is 11.6 Å². The summed E-state index contributed by atoms with van der Waals surface area (Å²) in [5, 5.41) is 8.90. The number of nitrogens with zero attached hydrogens (tertiary/aromatic N) is 1. The van der Waals surface area contributed by atoms with E-state index in [1.165, 1.54) is 6.07 Å². The number of nitrogens with one attached hydrogen (secondary N) is 2. The van der Waals surface area contributed by atoms with Crippen LogP contribution in [0.25, 0.3) is 0 Å². The minimum atomic E-state index is -0.618. The molecule has 0 saturated heterocycles. The molecule has 0 aliphatic carbocycles. The molecule has 0 spiro atoms. The molecule has 27 heavy (non-hydrogen) atoms. The van der Waals surface area contributed by atoms with Crippen molar-refractivity contribution in [1.82, 2.24) is 15.5 Å². The number of hydrogen-bond acceptors (Lipinski definition) is 4.